The highest BCUT2D eigenvalue weighted by atomic mass is 31.2. The lowest BCUT2D eigenvalue weighted by molar-refractivity contribution is 0.342. The zero-order chi connectivity index (χ0) is 14.4. The molecule has 0 aromatic heterocycles. The molecule has 0 atom stereocenters. The van der Waals surface area contributed by atoms with E-state index in [0.717, 1.165) is 16.2 Å². The second-order valence-corrected chi connectivity index (χ2v) is 7.63. The lowest BCUT2D eigenvalue weighted by Gasteiger charge is -2.19. The van der Waals surface area contributed by atoms with Crippen LogP contribution < -0.4 is 10.6 Å². The van der Waals surface area contributed by atoms with Gasteiger partial charge in [0.2, 0.25) is 0 Å². The van der Waals surface area contributed by atoms with E-state index in [4.69, 9.17) is 5.11 Å². The van der Waals surface area contributed by atoms with Crippen molar-refractivity contribution in [2.75, 3.05) is 12.8 Å². The smallest absolute Gasteiger partial charge is 0.147 e. The number of allylic oxidation sites excluding steroid dienone is 1. The zero-order valence-corrected chi connectivity index (χ0v) is 12.5. The maximum absolute atomic E-state index is 13.6. The quantitative estimate of drug-likeness (QED) is 0.678. The molecule has 0 radical (unpaired) electrons. The molecule has 0 aliphatic rings. The Morgan fingerprint density at radius 2 is 1.45 bits per heavy atom. The van der Waals surface area contributed by atoms with E-state index >= 15 is 0 Å². The van der Waals surface area contributed by atoms with E-state index in [2.05, 4.69) is 0 Å². The average Bonchev–Trinajstić information content (AvgIpc) is 2.49. The molecule has 0 bridgehead atoms. The summed E-state index contributed by atoms with van der Waals surface area (Å²) in [5.41, 5.74) is 0.948. The predicted molar refractivity (Wildman–Crippen MR) is 85.5 cm³/mol. The average molecular weight is 286 g/mol. The largest absolute Gasteiger partial charge is 0.392 e. The van der Waals surface area contributed by atoms with Crippen molar-refractivity contribution in [2.45, 2.75) is 6.92 Å². The first-order valence-electron chi connectivity index (χ1n) is 6.63. The van der Waals surface area contributed by atoms with Gasteiger partial charge in [-0.05, 0) is 6.92 Å². The van der Waals surface area contributed by atoms with Gasteiger partial charge in [0.15, 0.2) is 0 Å². The number of hydrogen-bond donors (Lipinski definition) is 1. The monoisotopic (exact) mass is 286 g/mol. The van der Waals surface area contributed by atoms with Crippen molar-refractivity contribution in [1.82, 2.24) is 0 Å². The zero-order valence-electron chi connectivity index (χ0n) is 11.6. The van der Waals surface area contributed by atoms with E-state index in [1.807, 2.05) is 67.6 Å². The normalized spacial score (nSPS) is 12.4. The van der Waals surface area contributed by atoms with Crippen LogP contribution in [0.25, 0.3) is 0 Å². The van der Waals surface area contributed by atoms with Crippen LogP contribution >= 0.6 is 7.14 Å². The van der Waals surface area contributed by atoms with E-state index in [1.54, 1.807) is 6.08 Å². The maximum Gasteiger partial charge on any atom is 0.147 e. The van der Waals surface area contributed by atoms with Crippen LogP contribution in [0.3, 0.4) is 0 Å². The fourth-order valence-electron chi connectivity index (χ4n) is 2.24. The molecule has 3 heteroatoms. The summed E-state index contributed by atoms with van der Waals surface area (Å²) in [5.74, 6) is 0. The van der Waals surface area contributed by atoms with Crippen LogP contribution in [0.15, 0.2) is 72.3 Å². The number of aliphatic hydroxyl groups excluding tert-OH is 1. The molecule has 0 aliphatic carbocycles. The molecule has 2 aromatic carbocycles. The Labute approximate surface area is 120 Å². The Balaban J connectivity index is 2.50. The Hall–Kier alpha value is -1.63. The summed E-state index contributed by atoms with van der Waals surface area (Å²) in [6.45, 7) is 1.89. The van der Waals surface area contributed by atoms with E-state index in [1.165, 1.54) is 0 Å². The highest BCUT2D eigenvalue weighted by Gasteiger charge is 2.26. The first-order chi connectivity index (χ1) is 9.66. The van der Waals surface area contributed by atoms with E-state index in [0.29, 0.717) is 6.16 Å². The SMILES string of the molecule is C/C(=C/CO)CP(=O)(c1ccccc1)c1ccccc1. The van der Waals surface area contributed by atoms with Gasteiger partial charge in [0, 0.05) is 16.8 Å². The van der Waals surface area contributed by atoms with Crippen LogP contribution in [-0.2, 0) is 4.57 Å². The first kappa shape index (κ1) is 14.8. The van der Waals surface area contributed by atoms with Gasteiger partial charge in [-0.1, -0.05) is 72.3 Å². The van der Waals surface area contributed by atoms with E-state index in [9.17, 15) is 4.57 Å². The maximum atomic E-state index is 13.6. The Kier molecular flexibility index (Phi) is 4.94. The van der Waals surface area contributed by atoms with Crippen molar-refractivity contribution < 1.29 is 9.67 Å². The molecule has 0 saturated carbocycles. The van der Waals surface area contributed by atoms with E-state index in [-0.39, 0.29) is 6.61 Å². The predicted octanol–water partition coefficient (Wildman–Crippen LogP) is 2.94. The number of hydrogen-bond acceptors (Lipinski definition) is 2. The second-order valence-electron chi connectivity index (χ2n) is 4.80. The summed E-state index contributed by atoms with van der Waals surface area (Å²) in [5, 5.41) is 10.7. The van der Waals surface area contributed by atoms with Crippen molar-refractivity contribution in [3.63, 3.8) is 0 Å². The molecule has 0 unspecified atom stereocenters. The molecule has 0 amide bonds. The molecule has 0 fully saturated rings. The Morgan fingerprint density at radius 3 is 1.85 bits per heavy atom. The fraction of sp³-hybridized carbons (Fsp3) is 0.176. The molecule has 2 rings (SSSR count). The van der Waals surface area contributed by atoms with Crippen LogP contribution in [0.1, 0.15) is 6.92 Å². The molecule has 1 N–H and O–H groups in total. The number of rotatable bonds is 5. The van der Waals surface area contributed by atoms with Gasteiger partial charge in [-0.15, -0.1) is 0 Å². The minimum Gasteiger partial charge on any atom is -0.392 e. The van der Waals surface area contributed by atoms with Crippen molar-refractivity contribution in [3.8, 4) is 0 Å². The highest BCUT2D eigenvalue weighted by Crippen LogP contribution is 2.44. The minimum absolute atomic E-state index is 0.0184. The van der Waals surface area contributed by atoms with Crippen LogP contribution in [0.4, 0.5) is 0 Å². The Bertz CT molecular complexity index is 574. The molecule has 2 nitrogen and oxygen atoms in total. The third-order valence-corrected chi connectivity index (χ3v) is 6.47. The summed E-state index contributed by atoms with van der Waals surface area (Å²) in [6.07, 6.45) is 2.18. The lowest BCUT2D eigenvalue weighted by Crippen LogP contribution is -2.19. The lowest BCUT2D eigenvalue weighted by atomic mass is 10.3. The summed E-state index contributed by atoms with van der Waals surface area (Å²) in [4.78, 5) is 0. The van der Waals surface area contributed by atoms with Gasteiger partial charge >= 0.3 is 0 Å². The number of aliphatic hydroxyl groups is 1. The summed E-state index contributed by atoms with van der Waals surface area (Å²) >= 11 is 0. The van der Waals surface area contributed by atoms with Crippen molar-refractivity contribution in [2.24, 2.45) is 0 Å². The molecule has 20 heavy (non-hydrogen) atoms. The topological polar surface area (TPSA) is 37.3 Å². The van der Waals surface area contributed by atoms with Gasteiger partial charge in [-0.2, -0.15) is 0 Å². The van der Waals surface area contributed by atoms with Crippen molar-refractivity contribution in [3.05, 3.63) is 72.3 Å². The van der Waals surface area contributed by atoms with Gasteiger partial charge in [0.25, 0.3) is 0 Å². The van der Waals surface area contributed by atoms with Gasteiger partial charge in [-0.3, -0.25) is 0 Å². The van der Waals surface area contributed by atoms with Gasteiger partial charge in [0.1, 0.15) is 7.14 Å². The van der Waals surface area contributed by atoms with Crippen molar-refractivity contribution >= 4 is 17.8 Å². The number of benzene rings is 2. The molecule has 0 saturated heterocycles. The Morgan fingerprint density at radius 1 is 1.00 bits per heavy atom. The van der Waals surface area contributed by atoms with Gasteiger partial charge in [0.05, 0.1) is 6.61 Å². The van der Waals surface area contributed by atoms with Crippen LogP contribution in [0, 0.1) is 0 Å². The first-order valence-corrected chi connectivity index (χ1v) is 8.53. The standard InChI is InChI=1S/C17H19O2P/c1-15(12-13-18)14-20(19,16-8-4-2-5-9-16)17-10-6-3-7-11-17/h2-12,18H,13-14H2,1H3/b15-12-. The van der Waals surface area contributed by atoms with Crippen LogP contribution in [0.5, 0.6) is 0 Å². The van der Waals surface area contributed by atoms with E-state index < -0.39 is 7.14 Å². The van der Waals surface area contributed by atoms with Gasteiger partial charge in [-0.25, -0.2) is 0 Å². The molecular formula is C17H19O2P. The molecule has 0 heterocycles. The summed E-state index contributed by atoms with van der Waals surface area (Å²) in [6, 6.07) is 19.2. The van der Waals surface area contributed by atoms with Gasteiger partial charge < -0.3 is 9.67 Å². The highest BCUT2D eigenvalue weighted by molar-refractivity contribution is 7.78. The molecule has 104 valence electrons. The molecular weight excluding hydrogens is 267 g/mol. The fourth-order valence-corrected chi connectivity index (χ4v) is 5.04. The van der Waals surface area contributed by atoms with Crippen LogP contribution in [-0.4, -0.2) is 17.9 Å². The summed E-state index contributed by atoms with van der Waals surface area (Å²) < 4.78 is 13.6. The van der Waals surface area contributed by atoms with Crippen LogP contribution in [0.2, 0.25) is 0 Å². The third kappa shape index (κ3) is 3.27. The third-order valence-electron chi connectivity index (χ3n) is 3.26. The second kappa shape index (κ2) is 6.69. The molecule has 0 aliphatic heterocycles. The minimum atomic E-state index is -2.69. The molecule has 2 aromatic rings. The summed E-state index contributed by atoms with van der Waals surface area (Å²) in [7, 11) is -2.69. The van der Waals surface area contributed by atoms with Crippen molar-refractivity contribution in [1.29, 1.82) is 0 Å². The molecule has 0 spiro atoms.